The number of rotatable bonds is 13. The topological polar surface area (TPSA) is 184 Å². The van der Waals surface area contributed by atoms with Gasteiger partial charge in [-0.2, -0.15) is 13.2 Å². The van der Waals surface area contributed by atoms with Gasteiger partial charge in [-0.15, -0.1) is 0 Å². The third-order valence-corrected chi connectivity index (χ3v) is 6.59. The Morgan fingerprint density at radius 1 is 1.07 bits per heavy atom. The number of benzene rings is 2. The number of hydrogen-bond acceptors (Lipinski definition) is 12. The molecule has 2 aromatic rings. The second-order valence-corrected chi connectivity index (χ2v) is 10.1. The first-order valence-corrected chi connectivity index (χ1v) is 13.8. The van der Waals surface area contributed by atoms with Crippen LogP contribution in [0.2, 0.25) is 5.02 Å². The zero-order valence-corrected chi connectivity index (χ0v) is 25.1. The highest BCUT2D eigenvalue weighted by Gasteiger charge is 2.44. The van der Waals surface area contributed by atoms with Crippen LogP contribution in [0.1, 0.15) is 34.3 Å². The maximum atomic E-state index is 12.7. The highest BCUT2D eigenvalue weighted by molar-refractivity contribution is 6.32. The Balaban J connectivity index is 0.00000107. The number of carbonyl (C=O) groups is 3. The van der Waals surface area contributed by atoms with Crippen molar-refractivity contribution >= 4 is 29.6 Å². The van der Waals surface area contributed by atoms with E-state index in [1.807, 2.05) is 24.3 Å². The SMILES string of the molecule is COc1cc(C(=O)OC[C@H]2O[C@@H](OC)[C@H](O)[C@@H](O)[C@@H]2O)cc(Cl)c1OCc1cccc(CC(=O)CCCN)c1.O=CC(F)(F)F. The van der Waals surface area contributed by atoms with E-state index in [0.717, 1.165) is 11.1 Å². The number of hydrogen-bond donors (Lipinski definition) is 4. The minimum absolute atomic E-state index is 0.0522. The number of ether oxygens (including phenoxy) is 5. The van der Waals surface area contributed by atoms with Crippen LogP contribution in [0.25, 0.3) is 0 Å². The summed E-state index contributed by atoms with van der Waals surface area (Å²) in [5.41, 5.74) is 7.20. The molecule has 1 heterocycles. The number of esters is 1. The van der Waals surface area contributed by atoms with Gasteiger partial charge in [-0.1, -0.05) is 35.9 Å². The Morgan fingerprint density at radius 2 is 1.73 bits per heavy atom. The number of aliphatic hydroxyl groups excluding tert-OH is 3. The number of ketones is 1. The average molecular weight is 666 g/mol. The summed E-state index contributed by atoms with van der Waals surface area (Å²) < 4.78 is 58.1. The Hall–Kier alpha value is -3.31. The van der Waals surface area contributed by atoms with Crippen LogP contribution in [-0.4, -0.2) is 97.6 Å². The second-order valence-electron chi connectivity index (χ2n) is 9.71. The average Bonchev–Trinajstić information content (AvgIpc) is 3.01. The van der Waals surface area contributed by atoms with E-state index in [-0.39, 0.29) is 34.5 Å². The normalized spacial score (nSPS) is 21.2. The molecule has 2 aromatic carbocycles. The summed E-state index contributed by atoms with van der Waals surface area (Å²) in [7, 11) is 2.66. The molecule has 0 bridgehead atoms. The molecule has 1 saturated heterocycles. The number of aldehydes is 1. The van der Waals surface area contributed by atoms with E-state index in [0.29, 0.717) is 25.8 Å². The standard InChI is InChI=1S/C27H34ClNO10.C2HF3O/c1-35-20-12-17(26(34)38-14-21-22(31)23(32)24(33)27(36-2)39-21)11-19(28)25(20)37-13-16-6-3-5-15(9-16)10-18(30)7-4-8-29;3-2(4,5)1-6/h3,5-6,9,11-12,21-24,27,31-33H,4,7-8,10,13-14,29H2,1-2H3;1H/t21-,22-,23+,24-,27-;/m1./s1. The fraction of sp³-hybridized carbons (Fsp3) is 0.483. The molecule has 1 aliphatic rings. The Morgan fingerprint density at radius 3 is 2.33 bits per heavy atom. The molecule has 0 radical (unpaired) electrons. The van der Waals surface area contributed by atoms with E-state index in [1.165, 1.54) is 26.4 Å². The van der Waals surface area contributed by atoms with Gasteiger partial charge >= 0.3 is 12.1 Å². The van der Waals surface area contributed by atoms with Gasteiger partial charge in [0.1, 0.15) is 43.4 Å². The lowest BCUT2D eigenvalue weighted by atomic mass is 9.99. The van der Waals surface area contributed by atoms with Gasteiger partial charge in [-0.3, -0.25) is 9.59 Å². The van der Waals surface area contributed by atoms with Crippen molar-refractivity contribution in [1.82, 2.24) is 0 Å². The van der Waals surface area contributed by atoms with Crippen molar-refractivity contribution in [3.05, 3.63) is 58.1 Å². The molecular formula is C29H35ClF3NO11. The summed E-state index contributed by atoms with van der Waals surface area (Å²) in [5.74, 6) is -0.276. The second kappa shape index (κ2) is 18.0. The Kier molecular flexibility index (Phi) is 15.1. The minimum atomic E-state index is -4.64. The van der Waals surface area contributed by atoms with Crippen molar-refractivity contribution in [3.8, 4) is 11.5 Å². The van der Waals surface area contributed by atoms with Crippen molar-refractivity contribution in [2.75, 3.05) is 27.4 Å². The van der Waals surface area contributed by atoms with E-state index in [9.17, 15) is 38.1 Å². The lowest BCUT2D eigenvalue weighted by Crippen LogP contribution is -2.59. The first-order valence-electron chi connectivity index (χ1n) is 13.5. The van der Waals surface area contributed by atoms with Gasteiger partial charge in [-0.05, 0) is 36.2 Å². The van der Waals surface area contributed by atoms with Crippen LogP contribution in [0.3, 0.4) is 0 Å². The van der Waals surface area contributed by atoms with E-state index < -0.39 is 55.7 Å². The molecular weight excluding hydrogens is 631 g/mol. The van der Waals surface area contributed by atoms with E-state index in [1.54, 1.807) is 0 Å². The summed E-state index contributed by atoms with van der Waals surface area (Å²) in [6.07, 6.45) is -11.1. The molecule has 5 N–H and O–H groups in total. The number of halogens is 4. The summed E-state index contributed by atoms with van der Waals surface area (Å²) >= 11 is 6.41. The molecule has 0 unspecified atom stereocenters. The van der Waals surface area contributed by atoms with Crippen LogP contribution < -0.4 is 15.2 Å². The summed E-state index contributed by atoms with van der Waals surface area (Å²) in [4.78, 5) is 33.5. The number of alkyl halides is 3. The van der Waals surface area contributed by atoms with Gasteiger partial charge < -0.3 is 44.7 Å². The van der Waals surface area contributed by atoms with Gasteiger partial charge in [0.05, 0.1) is 17.7 Å². The minimum Gasteiger partial charge on any atom is -0.493 e. The monoisotopic (exact) mass is 665 g/mol. The maximum Gasteiger partial charge on any atom is 0.446 e. The zero-order valence-electron chi connectivity index (χ0n) is 24.4. The number of nitrogens with two attached hydrogens (primary N) is 1. The van der Waals surface area contributed by atoms with Gasteiger partial charge in [0.25, 0.3) is 0 Å². The first kappa shape index (κ1) is 37.9. The quantitative estimate of drug-likeness (QED) is 0.181. The number of methoxy groups -OCH3 is 2. The van der Waals surface area contributed by atoms with Crippen molar-refractivity contribution < 1.29 is 66.6 Å². The Labute approximate surface area is 261 Å². The predicted molar refractivity (Wildman–Crippen MR) is 152 cm³/mol. The number of aliphatic hydroxyl groups is 3. The van der Waals surface area contributed by atoms with Crippen molar-refractivity contribution in [2.24, 2.45) is 5.73 Å². The fourth-order valence-electron chi connectivity index (χ4n) is 4.07. The molecule has 0 saturated carbocycles. The van der Waals surface area contributed by atoms with Crippen LogP contribution in [0.4, 0.5) is 13.2 Å². The molecule has 5 atom stereocenters. The van der Waals surface area contributed by atoms with Gasteiger partial charge in [0, 0.05) is 20.0 Å². The maximum absolute atomic E-state index is 12.7. The van der Waals surface area contributed by atoms with Gasteiger partial charge in [-0.25, -0.2) is 4.79 Å². The molecule has 1 fully saturated rings. The van der Waals surface area contributed by atoms with E-state index in [2.05, 4.69) is 0 Å². The molecule has 250 valence electrons. The Bertz CT molecular complexity index is 1280. The third kappa shape index (κ3) is 11.9. The highest BCUT2D eigenvalue weighted by Crippen LogP contribution is 2.37. The van der Waals surface area contributed by atoms with Gasteiger partial charge in [0.2, 0.25) is 6.29 Å². The third-order valence-electron chi connectivity index (χ3n) is 6.31. The number of carbonyl (C=O) groups excluding carboxylic acids is 3. The molecule has 0 aliphatic carbocycles. The van der Waals surface area contributed by atoms with Crippen LogP contribution in [0.15, 0.2) is 36.4 Å². The van der Waals surface area contributed by atoms with Crippen LogP contribution in [0.5, 0.6) is 11.5 Å². The number of Topliss-reactive ketones (excluding diaryl/α,β-unsaturated/α-hetero) is 1. The highest BCUT2D eigenvalue weighted by atomic mass is 35.5. The molecule has 45 heavy (non-hydrogen) atoms. The molecule has 0 aromatic heterocycles. The predicted octanol–water partition coefficient (Wildman–Crippen LogP) is 2.14. The van der Waals surface area contributed by atoms with Crippen molar-refractivity contribution in [1.29, 1.82) is 0 Å². The lowest BCUT2D eigenvalue weighted by Gasteiger charge is -2.39. The summed E-state index contributed by atoms with van der Waals surface area (Å²) in [6.45, 7) is 0.185. The van der Waals surface area contributed by atoms with Crippen LogP contribution in [0, 0.1) is 0 Å². The molecule has 12 nitrogen and oxygen atoms in total. The molecule has 1 aliphatic heterocycles. The fourth-order valence-corrected chi connectivity index (χ4v) is 4.33. The summed E-state index contributed by atoms with van der Waals surface area (Å²) in [6, 6.07) is 10.2. The molecule has 16 heteroatoms. The molecule has 0 amide bonds. The zero-order chi connectivity index (χ0) is 33.7. The lowest BCUT2D eigenvalue weighted by molar-refractivity contribution is -0.294. The molecule has 0 spiro atoms. The largest absolute Gasteiger partial charge is 0.493 e. The smallest absolute Gasteiger partial charge is 0.446 e. The van der Waals surface area contributed by atoms with Crippen LogP contribution >= 0.6 is 11.6 Å². The van der Waals surface area contributed by atoms with Crippen molar-refractivity contribution in [2.45, 2.75) is 62.8 Å². The van der Waals surface area contributed by atoms with E-state index >= 15 is 0 Å². The van der Waals surface area contributed by atoms with E-state index in [4.69, 9.17) is 45.8 Å². The van der Waals surface area contributed by atoms with Crippen LogP contribution in [-0.2, 0) is 36.8 Å². The molecule has 3 rings (SSSR count). The van der Waals surface area contributed by atoms with Gasteiger partial charge in [0.15, 0.2) is 17.8 Å². The summed E-state index contributed by atoms with van der Waals surface area (Å²) in [5, 5.41) is 30.1. The first-order chi connectivity index (χ1) is 21.2. The van der Waals surface area contributed by atoms with Crippen molar-refractivity contribution in [3.63, 3.8) is 0 Å².